The van der Waals surface area contributed by atoms with Crippen LogP contribution in [-0.2, 0) is 15.0 Å². The van der Waals surface area contributed by atoms with Gasteiger partial charge in [0.25, 0.3) is 0 Å². The SMILES string of the molecule is CC(=O)CC1(c2cccc(C(C)C)c2)CCN(C(C)=O)CC1. The molecule has 0 saturated carbocycles. The minimum absolute atomic E-state index is 0.108. The molecule has 0 bridgehead atoms. The summed E-state index contributed by atoms with van der Waals surface area (Å²) in [5, 5.41) is 0. The Balaban J connectivity index is 2.33. The van der Waals surface area contributed by atoms with Gasteiger partial charge in [-0.05, 0) is 36.8 Å². The molecule has 120 valence electrons. The fourth-order valence-electron chi connectivity index (χ4n) is 3.52. The molecule has 1 saturated heterocycles. The van der Waals surface area contributed by atoms with E-state index in [0.29, 0.717) is 12.3 Å². The van der Waals surface area contributed by atoms with Crippen LogP contribution in [0, 0.1) is 0 Å². The lowest BCUT2D eigenvalue weighted by atomic mass is 9.69. The minimum Gasteiger partial charge on any atom is -0.343 e. The number of hydrogen-bond donors (Lipinski definition) is 0. The molecule has 0 unspecified atom stereocenters. The zero-order valence-corrected chi connectivity index (χ0v) is 14.2. The Morgan fingerprint density at radius 2 is 1.82 bits per heavy atom. The van der Waals surface area contributed by atoms with Crippen LogP contribution in [0.3, 0.4) is 0 Å². The van der Waals surface area contributed by atoms with E-state index in [1.54, 1.807) is 13.8 Å². The Labute approximate surface area is 133 Å². The summed E-state index contributed by atoms with van der Waals surface area (Å²) in [5.41, 5.74) is 2.47. The molecule has 0 aliphatic carbocycles. The average Bonchev–Trinajstić information content (AvgIpc) is 2.47. The van der Waals surface area contributed by atoms with E-state index in [9.17, 15) is 9.59 Å². The molecular weight excluding hydrogens is 274 g/mol. The van der Waals surface area contributed by atoms with Gasteiger partial charge in [-0.25, -0.2) is 0 Å². The number of ketones is 1. The lowest BCUT2D eigenvalue weighted by Crippen LogP contribution is -2.45. The predicted octanol–water partition coefficient (Wildman–Crippen LogP) is 3.67. The molecular formula is C19H27NO2. The van der Waals surface area contributed by atoms with Gasteiger partial charge in [0.05, 0.1) is 0 Å². The number of likely N-dealkylation sites (tertiary alicyclic amines) is 1. The third kappa shape index (κ3) is 3.57. The molecule has 1 heterocycles. The third-order valence-electron chi connectivity index (χ3n) is 4.92. The van der Waals surface area contributed by atoms with E-state index in [1.807, 2.05) is 4.90 Å². The highest BCUT2D eigenvalue weighted by molar-refractivity contribution is 5.77. The lowest BCUT2D eigenvalue weighted by Gasteiger charge is -2.42. The molecule has 1 aromatic carbocycles. The fraction of sp³-hybridized carbons (Fsp3) is 0.579. The lowest BCUT2D eigenvalue weighted by molar-refractivity contribution is -0.130. The molecule has 2 rings (SSSR count). The highest BCUT2D eigenvalue weighted by atomic mass is 16.2. The zero-order valence-electron chi connectivity index (χ0n) is 14.2. The van der Waals surface area contributed by atoms with Crippen molar-refractivity contribution in [1.29, 1.82) is 0 Å². The van der Waals surface area contributed by atoms with E-state index in [0.717, 1.165) is 25.9 Å². The number of benzene rings is 1. The second-order valence-corrected chi connectivity index (χ2v) is 6.95. The average molecular weight is 301 g/mol. The van der Waals surface area contributed by atoms with E-state index in [-0.39, 0.29) is 17.1 Å². The number of amides is 1. The Hall–Kier alpha value is -1.64. The number of carbonyl (C=O) groups excluding carboxylic acids is 2. The van der Waals surface area contributed by atoms with E-state index >= 15 is 0 Å². The topological polar surface area (TPSA) is 37.4 Å². The summed E-state index contributed by atoms with van der Waals surface area (Å²) in [5.74, 6) is 0.838. The predicted molar refractivity (Wildman–Crippen MR) is 89.0 cm³/mol. The van der Waals surface area contributed by atoms with Crippen LogP contribution in [-0.4, -0.2) is 29.7 Å². The number of rotatable bonds is 4. The van der Waals surface area contributed by atoms with Crippen LogP contribution in [0.4, 0.5) is 0 Å². The van der Waals surface area contributed by atoms with Gasteiger partial charge in [0, 0.05) is 31.8 Å². The molecule has 0 radical (unpaired) electrons. The second-order valence-electron chi connectivity index (χ2n) is 6.95. The van der Waals surface area contributed by atoms with Gasteiger partial charge >= 0.3 is 0 Å². The molecule has 1 amide bonds. The van der Waals surface area contributed by atoms with Gasteiger partial charge in [-0.2, -0.15) is 0 Å². The summed E-state index contributed by atoms with van der Waals surface area (Å²) in [4.78, 5) is 25.3. The normalized spacial score (nSPS) is 17.6. The van der Waals surface area contributed by atoms with Crippen molar-refractivity contribution in [3.8, 4) is 0 Å². The van der Waals surface area contributed by atoms with Crippen LogP contribution in [0.15, 0.2) is 24.3 Å². The fourth-order valence-corrected chi connectivity index (χ4v) is 3.52. The van der Waals surface area contributed by atoms with Crippen molar-refractivity contribution in [2.24, 2.45) is 0 Å². The summed E-state index contributed by atoms with van der Waals surface area (Å²) in [7, 11) is 0. The molecule has 1 aliphatic rings. The maximum absolute atomic E-state index is 11.8. The molecule has 1 fully saturated rings. The number of hydrogen-bond acceptors (Lipinski definition) is 2. The summed E-state index contributed by atoms with van der Waals surface area (Å²) in [6.07, 6.45) is 2.31. The molecule has 1 aliphatic heterocycles. The first-order chi connectivity index (χ1) is 10.3. The van der Waals surface area contributed by atoms with Crippen LogP contribution >= 0.6 is 0 Å². The van der Waals surface area contributed by atoms with Crippen LogP contribution in [0.5, 0.6) is 0 Å². The first kappa shape index (κ1) is 16.7. The first-order valence-corrected chi connectivity index (χ1v) is 8.19. The standard InChI is InChI=1S/C19H27NO2/c1-14(2)17-6-5-7-18(12-17)19(13-15(3)21)8-10-20(11-9-19)16(4)22/h5-7,12,14H,8-11,13H2,1-4H3. The van der Waals surface area contributed by atoms with Gasteiger partial charge in [-0.1, -0.05) is 38.1 Å². The quantitative estimate of drug-likeness (QED) is 0.851. The van der Waals surface area contributed by atoms with Crippen molar-refractivity contribution in [2.75, 3.05) is 13.1 Å². The highest BCUT2D eigenvalue weighted by Gasteiger charge is 2.38. The summed E-state index contributed by atoms with van der Waals surface area (Å²) in [6, 6.07) is 8.67. The molecule has 0 aromatic heterocycles. The molecule has 22 heavy (non-hydrogen) atoms. The van der Waals surface area contributed by atoms with E-state index in [4.69, 9.17) is 0 Å². The van der Waals surface area contributed by atoms with Gasteiger partial charge < -0.3 is 4.90 Å². The van der Waals surface area contributed by atoms with Crippen LogP contribution < -0.4 is 0 Å². The first-order valence-electron chi connectivity index (χ1n) is 8.19. The van der Waals surface area contributed by atoms with Crippen LogP contribution in [0.25, 0.3) is 0 Å². The Morgan fingerprint density at radius 3 is 2.32 bits per heavy atom. The summed E-state index contributed by atoms with van der Waals surface area (Å²) < 4.78 is 0. The smallest absolute Gasteiger partial charge is 0.219 e. The molecule has 0 spiro atoms. The van der Waals surface area contributed by atoms with E-state index in [1.165, 1.54) is 11.1 Å². The van der Waals surface area contributed by atoms with Gasteiger partial charge in [-0.15, -0.1) is 0 Å². The Bertz CT molecular complexity index is 554. The maximum atomic E-state index is 11.8. The van der Waals surface area contributed by atoms with Crippen LogP contribution in [0.1, 0.15) is 64.0 Å². The van der Waals surface area contributed by atoms with Crippen molar-refractivity contribution in [1.82, 2.24) is 4.90 Å². The molecule has 0 N–H and O–H groups in total. The second kappa shape index (κ2) is 6.64. The van der Waals surface area contributed by atoms with Crippen molar-refractivity contribution >= 4 is 11.7 Å². The molecule has 0 atom stereocenters. The number of carbonyl (C=O) groups is 2. The van der Waals surface area contributed by atoms with Gasteiger partial charge in [0.1, 0.15) is 5.78 Å². The number of Topliss-reactive ketones (excluding diaryl/α,β-unsaturated/α-hetero) is 1. The van der Waals surface area contributed by atoms with Crippen molar-refractivity contribution in [3.05, 3.63) is 35.4 Å². The largest absolute Gasteiger partial charge is 0.343 e. The molecule has 1 aromatic rings. The summed E-state index contributed by atoms with van der Waals surface area (Å²) >= 11 is 0. The Morgan fingerprint density at radius 1 is 1.18 bits per heavy atom. The van der Waals surface area contributed by atoms with E-state index in [2.05, 4.69) is 38.1 Å². The van der Waals surface area contributed by atoms with Crippen LogP contribution in [0.2, 0.25) is 0 Å². The van der Waals surface area contributed by atoms with Gasteiger partial charge in [-0.3, -0.25) is 9.59 Å². The minimum atomic E-state index is -0.108. The Kier molecular flexibility index (Phi) is 5.05. The van der Waals surface area contributed by atoms with E-state index < -0.39 is 0 Å². The van der Waals surface area contributed by atoms with Crippen molar-refractivity contribution < 1.29 is 9.59 Å². The number of nitrogens with zero attached hydrogens (tertiary/aromatic N) is 1. The van der Waals surface area contributed by atoms with Gasteiger partial charge in [0.15, 0.2) is 0 Å². The summed E-state index contributed by atoms with van der Waals surface area (Å²) in [6.45, 7) is 9.16. The number of piperidine rings is 1. The zero-order chi connectivity index (χ0) is 16.3. The molecule has 3 nitrogen and oxygen atoms in total. The van der Waals surface area contributed by atoms with Crippen molar-refractivity contribution in [3.63, 3.8) is 0 Å². The van der Waals surface area contributed by atoms with Crippen molar-refractivity contribution in [2.45, 2.75) is 58.3 Å². The monoisotopic (exact) mass is 301 g/mol. The molecule has 3 heteroatoms. The van der Waals surface area contributed by atoms with Gasteiger partial charge in [0.2, 0.25) is 5.91 Å². The highest BCUT2D eigenvalue weighted by Crippen LogP contribution is 2.39. The third-order valence-corrected chi connectivity index (χ3v) is 4.92. The maximum Gasteiger partial charge on any atom is 0.219 e.